The number of fused-ring (bicyclic) bond motifs is 1. The molecule has 0 radical (unpaired) electrons. The molecule has 0 aliphatic heterocycles. The van der Waals surface area contributed by atoms with Gasteiger partial charge >= 0.3 is 0 Å². The van der Waals surface area contributed by atoms with Crippen molar-refractivity contribution in [1.82, 2.24) is 15.0 Å². The van der Waals surface area contributed by atoms with Crippen LogP contribution in [0, 0.1) is 6.92 Å². The van der Waals surface area contributed by atoms with Gasteiger partial charge in [0.2, 0.25) is 0 Å². The Morgan fingerprint density at radius 2 is 1.84 bits per heavy atom. The number of aromatic nitrogens is 3. The molecule has 0 bridgehead atoms. The fourth-order valence-electron chi connectivity index (χ4n) is 3.00. The van der Waals surface area contributed by atoms with Gasteiger partial charge in [-0.15, -0.1) is 22.7 Å². The van der Waals surface area contributed by atoms with Crippen molar-refractivity contribution in [2.75, 3.05) is 5.73 Å². The predicted octanol–water partition coefficient (Wildman–Crippen LogP) is 4.56. The van der Waals surface area contributed by atoms with Gasteiger partial charge in [-0.05, 0) is 18.6 Å². The first-order valence-electron chi connectivity index (χ1n) is 7.92. The Morgan fingerprint density at radius 1 is 1.04 bits per heavy atom. The Kier molecular flexibility index (Phi) is 3.07. The lowest BCUT2D eigenvalue weighted by atomic mass is 9.92. The Balaban J connectivity index is 1.64. The third-order valence-corrected chi connectivity index (χ3v) is 6.53. The zero-order valence-electron chi connectivity index (χ0n) is 13.4. The third-order valence-electron chi connectivity index (χ3n) is 4.39. The maximum Gasteiger partial charge on any atom is 0.192 e. The van der Waals surface area contributed by atoms with Gasteiger partial charge in [0, 0.05) is 16.0 Å². The van der Waals surface area contributed by atoms with Gasteiger partial charge in [-0.2, -0.15) is 0 Å². The molecule has 0 atom stereocenters. The highest BCUT2D eigenvalue weighted by molar-refractivity contribution is 7.19. The molecular weight excluding hydrogens is 348 g/mol. The number of allylic oxidation sites excluding steroid dienone is 2. The van der Waals surface area contributed by atoms with E-state index < -0.39 is 0 Å². The first-order chi connectivity index (χ1) is 12.2. The lowest BCUT2D eigenvalue weighted by Crippen LogP contribution is -2.07. The Morgan fingerprint density at radius 3 is 2.52 bits per heavy atom. The molecule has 2 N–H and O–H groups in total. The molecule has 4 nitrogen and oxygen atoms in total. The van der Waals surface area contributed by atoms with E-state index in [1.807, 2.05) is 18.4 Å². The summed E-state index contributed by atoms with van der Waals surface area (Å²) in [6, 6.07) is 12.6. The third kappa shape index (κ3) is 2.29. The molecule has 3 heterocycles. The van der Waals surface area contributed by atoms with Crippen LogP contribution in [0.5, 0.6) is 0 Å². The molecular formula is C19H14N4S2. The van der Waals surface area contributed by atoms with E-state index in [1.165, 1.54) is 10.4 Å². The average Bonchev–Trinajstić information content (AvgIpc) is 3.12. The number of thiophene rings is 1. The topological polar surface area (TPSA) is 64.7 Å². The predicted molar refractivity (Wildman–Crippen MR) is 104 cm³/mol. The van der Waals surface area contributed by atoms with Gasteiger partial charge in [0.15, 0.2) is 10.8 Å². The molecule has 122 valence electrons. The van der Waals surface area contributed by atoms with Crippen LogP contribution in [0.1, 0.15) is 16.1 Å². The van der Waals surface area contributed by atoms with Crippen LogP contribution in [0.25, 0.3) is 21.0 Å². The van der Waals surface area contributed by atoms with Crippen molar-refractivity contribution >= 4 is 38.7 Å². The van der Waals surface area contributed by atoms with Crippen LogP contribution in [-0.2, 0) is 5.41 Å². The summed E-state index contributed by atoms with van der Waals surface area (Å²) in [6.45, 7) is 1.97. The minimum Gasteiger partial charge on any atom is -0.383 e. The van der Waals surface area contributed by atoms with Crippen molar-refractivity contribution < 1.29 is 0 Å². The number of hydrogen-bond donors (Lipinski definition) is 1. The molecule has 1 aromatic carbocycles. The summed E-state index contributed by atoms with van der Waals surface area (Å²) in [6.07, 6.45) is 4.45. The van der Waals surface area contributed by atoms with E-state index in [0.29, 0.717) is 11.6 Å². The van der Waals surface area contributed by atoms with Gasteiger partial charge in [0.25, 0.3) is 0 Å². The summed E-state index contributed by atoms with van der Waals surface area (Å²) in [5.74, 6) is 1.12. The zero-order valence-corrected chi connectivity index (χ0v) is 15.1. The summed E-state index contributed by atoms with van der Waals surface area (Å²) in [7, 11) is 0. The van der Waals surface area contributed by atoms with Crippen LogP contribution in [0.3, 0.4) is 0 Å². The van der Waals surface area contributed by atoms with Crippen molar-refractivity contribution in [2.45, 2.75) is 12.3 Å². The lowest BCUT2D eigenvalue weighted by molar-refractivity contribution is 0.963. The maximum absolute atomic E-state index is 6.23. The normalized spacial score (nSPS) is 14.9. The summed E-state index contributed by atoms with van der Waals surface area (Å²) in [5, 5.41) is 3.72. The number of nitrogen functional groups attached to an aromatic ring is 1. The molecule has 0 saturated carbocycles. The number of rotatable bonds is 3. The number of hydrogen-bond acceptors (Lipinski definition) is 6. The van der Waals surface area contributed by atoms with Crippen molar-refractivity contribution in [2.24, 2.45) is 0 Å². The number of thiazole rings is 1. The first kappa shape index (κ1) is 14.7. The molecule has 0 fully saturated rings. The second kappa shape index (κ2) is 5.21. The summed E-state index contributed by atoms with van der Waals surface area (Å²) in [4.78, 5) is 15.8. The average molecular weight is 362 g/mol. The van der Waals surface area contributed by atoms with E-state index >= 15 is 0 Å². The number of benzene rings is 1. The van der Waals surface area contributed by atoms with E-state index in [9.17, 15) is 0 Å². The van der Waals surface area contributed by atoms with Crippen LogP contribution in [0.4, 0.5) is 5.82 Å². The first-order valence-corrected chi connectivity index (χ1v) is 9.61. The largest absolute Gasteiger partial charge is 0.383 e. The van der Waals surface area contributed by atoms with Crippen LogP contribution >= 0.6 is 22.7 Å². The fraction of sp³-hybridized carbons (Fsp3) is 0.105. The standard InChI is InChI=1S/C19H14N4S2/c1-11-10-24-18(21-11)16-22-15(20)13-9-14(25-17(13)23-16)19(7-8-19)12-5-3-2-4-6-12/h2-10H,1H3,(H2,20,22,23). The molecule has 1 aliphatic rings. The number of anilines is 1. The molecule has 1 aliphatic carbocycles. The number of nitrogens with two attached hydrogens (primary N) is 1. The van der Waals surface area contributed by atoms with Gasteiger partial charge in [-0.1, -0.05) is 42.5 Å². The van der Waals surface area contributed by atoms with E-state index in [1.54, 1.807) is 22.7 Å². The molecule has 0 unspecified atom stereocenters. The fourth-order valence-corrected chi connectivity index (χ4v) is 4.94. The molecule has 0 amide bonds. The molecule has 3 aromatic heterocycles. The molecule has 25 heavy (non-hydrogen) atoms. The van der Waals surface area contributed by atoms with Crippen LogP contribution in [0.2, 0.25) is 0 Å². The molecule has 5 rings (SSSR count). The van der Waals surface area contributed by atoms with E-state index in [0.717, 1.165) is 20.9 Å². The summed E-state index contributed by atoms with van der Waals surface area (Å²) in [5.41, 5.74) is 8.35. The van der Waals surface area contributed by atoms with Crippen molar-refractivity contribution in [3.8, 4) is 10.8 Å². The Labute approximate surface area is 152 Å². The highest BCUT2D eigenvalue weighted by atomic mass is 32.1. The Bertz CT molecular complexity index is 1120. The van der Waals surface area contributed by atoms with Gasteiger partial charge in [-0.25, -0.2) is 15.0 Å². The highest BCUT2D eigenvalue weighted by Gasteiger charge is 2.39. The van der Waals surface area contributed by atoms with Gasteiger partial charge in [-0.3, -0.25) is 0 Å². The van der Waals surface area contributed by atoms with Crippen LogP contribution < -0.4 is 5.73 Å². The smallest absolute Gasteiger partial charge is 0.192 e. The molecule has 4 aromatic rings. The molecule has 6 heteroatoms. The molecule has 0 saturated heterocycles. The van der Waals surface area contributed by atoms with Gasteiger partial charge in [0.1, 0.15) is 10.6 Å². The molecule has 0 spiro atoms. The Hall–Kier alpha value is -2.57. The van der Waals surface area contributed by atoms with Crippen LogP contribution in [-0.4, -0.2) is 15.0 Å². The van der Waals surface area contributed by atoms with Crippen molar-refractivity contribution in [3.05, 3.63) is 70.1 Å². The summed E-state index contributed by atoms with van der Waals surface area (Å²) < 4.78 is 0. The van der Waals surface area contributed by atoms with E-state index in [-0.39, 0.29) is 5.41 Å². The second-order valence-corrected chi connectivity index (χ2v) is 8.01. The monoisotopic (exact) mass is 362 g/mol. The van der Waals surface area contributed by atoms with E-state index in [4.69, 9.17) is 10.7 Å². The number of aryl methyl sites for hydroxylation is 1. The number of nitrogens with zero attached hydrogens (tertiary/aromatic N) is 3. The quantitative estimate of drug-likeness (QED) is 0.543. The van der Waals surface area contributed by atoms with Gasteiger partial charge < -0.3 is 5.73 Å². The minimum atomic E-state index is -0.114. The van der Waals surface area contributed by atoms with E-state index in [2.05, 4.69) is 52.5 Å². The zero-order chi connectivity index (χ0) is 17.0. The SMILES string of the molecule is Cc1csc(-c2nc(N)c3cc(C4(c5ccccc5)C=C4)sc3n2)n1. The van der Waals surface area contributed by atoms with Crippen molar-refractivity contribution in [1.29, 1.82) is 0 Å². The van der Waals surface area contributed by atoms with Crippen LogP contribution in [0.15, 0.2) is 53.9 Å². The van der Waals surface area contributed by atoms with Crippen molar-refractivity contribution in [3.63, 3.8) is 0 Å². The highest BCUT2D eigenvalue weighted by Crippen LogP contribution is 2.49. The minimum absolute atomic E-state index is 0.114. The summed E-state index contributed by atoms with van der Waals surface area (Å²) >= 11 is 3.22. The second-order valence-electron chi connectivity index (χ2n) is 6.12. The maximum atomic E-state index is 6.23. The van der Waals surface area contributed by atoms with Gasteiger partial charge in [0.05, 0.1) is 10.8 Å². The lowest BCUT2D eigenvalue weighted by Gasteiger charge is -2.14.